The van der Waals surface area contributed by atoms with Crippen molar-refractivity contribution >= 4 is 33.4 Å². The normalized spacial score (nSPS) is 11.0. The van der Waals surface area contributed by atoms with Crippen LogP contribution in [0.1, 0.15) is 0 Å². The number of anilines is 2. The Labute approximate surface area is 115 Å². The van der Waals surface area contributed by atoms with Gasteiger partial charge in [-0.2, -0.15) is 0 Å². The van der Waals surface area contributed by atoms with Gasteiger partial charge >= 0.3 is 0 Å². The minimum Gasteiger partial charge on any atom is -0.353 e. The number of pyridine rings is 1. The van der Waals surface area contributed by atoms with Gasteiger partial charge in [0, 0.05) is 11.1 Å². The number of hydrogen-bond acceptors (Lipinski definition) is 3. The highest BCUT2D eigenvalue weighted by Gasteiger charge is 2.10. The highest BCUT2D eigenvalue weighted by Crippen LogP contribution is 2.31. The van der Waals surface area contributed by atoms with Gasteiger partial charge in [0.1, 0.15) is 5.52 Å². The zero-order valence-corrected chi connectivity index (χ0v) is 10.7. The molecule has 4 aromatic rings. The molecule has 0 unspecified atom stereocenters. The number of aromatic amines is 1. The minimum atomic E-state index is 0.724. The Morgan fingerprint density at radius 1 is 0.900 bits per heavy atom. The van der Waals surface area contributed by atoms with Crippen LogP contribution < -0.4 is 5.32 Å². The van der Waals surface area contributed by atoms with Crippen LogP contribution in [-0.4, -0.2) is 15.0 Å². The predicted octanol–water partition coefficient (Wildman–Crippen LogP) is 3.85. The van der Waals surface area contributed by atoms with E-state index >= 15 is 0 Å². The number of nitrogens with one attached hydrogen (secondary N) is 2. The summed E-state index contributed by atoms with van der Waals surface area (Å²) in [5, 5.41) is 4.54. The van der Waals surface area contributed by atoms with Crippen molar-refractivity contribution in [1.82, 2.24) is 15.0 Å². The lowest BCUT2D eigenvalue weighted by atomic mass is 10.1. The van der Waals surface area contributed by atoms with Crippen LogP contribution in [-0.2, 0) is 0 Å². The van der Waals surface area contributed by atoms with E-state index in [-0.39, 0.29) is 0 Å². The molecule has 2 N–H and O–H groups in total. The van der Waals surface area contributed by atoms with Crippen molar-refractivity contribution in [3.63, 3.8) is 0 Å². The average molecular weight is 260 g/mol. The van der Waals surface area contributed by atoms with Gasteiger partial charge in [-0.15, -0.1) is 0 Å². The van der Waals surface area contributed by atoms with E-state index in [1.165, 1.54) is 0 Å². The predicted molar refractivity (Wildman–Crippen MR) is 81.1 cm³/mol. The van der Waals surface area contributed by atoms with E-state index in [4.69, 9.17) is 0 Å². The van der Waals surface area contributed by atoms with Crippen LogP contribution in [0.3, 0.4) is 0 Å². The third-order valence-electron chi connectivity index (χ3n) is 3.31. The quantitative estimate of drug-likeness (QED) is 0.575. The fourth-order valence-corrected chi connectivity index (χ4v) is 2.38. The third kappa shape index (κ3) is 1.70. The summed E-state index contributed by atoms with van der Waals surface area (Å²) in [6.45, 7) is 0. The highest BCUT2D eigenvalue weighted by molar-refractivity contribution is 6.06. The van der Waals surface area contributed by atoms with Gasteiger partial charge in [0.25, 0.3) is 0 Å². The maximum Gasteiger partial charge on any atom is 0.180 e. The van der Waals surface area contributed by atoms with E-state index in [1.807, 2.05) is 48.5 Å². The molecule has 0 aliphatic carbocycles. The van der Waals surface area contributed by atoms with Crippen LogP contribution in [0.15, 0.2) is 60.9 Å². The lowest BCUT2D eigenvalue weighted by Gasteiger charge is -2.10. The standard InChI is InChI=1S/C16H12N4/c1-2-6-11(7-3-1)19-14-12-8-4-5-9-13(12)20-16-15(14)17-10-18-16/h1-10H,(H2,17,18,19,20). The zero-order valence-electron chi connectivity index (χ0n) is 10.7. The van der Waals surface area contributed by atoms with Crippen molar-refractivity contribution in [2.24, 2.45) is 0 Å². The number of para-hydroxylation sites is 2. The molecular formula is C16H12N4. The van der Waals surface area contributed by atoms with Crippen molar-refractivity contribution in [3.8, 4) is 0 Å². The summed E-state index contributed by atoms with van der Waals surface area (Å²) in [4.78, 5) is 12.0. The lowest BCUT2D eigenvalue weighted by Crippen LogP contribution is -1.94. The second kappa shape index (κ2) is 4.35. The number of fused-ring (bicyclic) bond motifs is 2. The molecule has 96 valence electrons. The molecule has 0 saturated carbocycles. The number of imidazole rings is 1. The molecule has 2 heterocycles. The van der Waals surface area contributed by atoms with Gasteiger partial charge in [0.15, 0.2) is 5.65 Å². The van der Waals surface area contributed by atoms with Crippen LogP contribution in [0, 0.1) is 0 Å². The summed E-state index contributed by atoms with van der Waals surface area (Å²) < 4.78 is 0. The third-order valence-corrected chi connectivity index (χ3v) is 3.31. The van der Waals surface area contributed by atoms with Crippen molar-refractivity contribution < 1.29 is 0 Å². The molecule has 0 saturated heterocycles. The Morgan fingerprint density at radius 3 is 2.60 bits per heavy atom. The number of hydrogen-bond donors (Lipinski definition) is 2. The summed E-state index contributed by atoms with van der Waals surface area (Å²) in [5.74, 6) is 0. The Bertz CT molecular complexity index is 881. The molecule has 4 heteroatoms. The first-order valence-corrected chi connectivity index (χ1v) is 6.46. The number of nitrogens with zero attached hydrogens (tertiary/aromatic N) is 2. The van der Waals surface area contributed by atoms with Crippen LogP contribution in [0.4, 0.5) is 11.4 Å². The molecule has 0 aliphatic heterocycles. The Hall–Kier alpha value is -2.88. The van der Waals surface area contributed by atoms with E-state index in [2.05, 4.69) is 26.3 Å². The smallest absolute Gasteiger partial charge is 0.180 e. The van der Waals surface area contributed by atoms with Gasteiger partial charge in [-0.25, -0.2) is 9.97 Å². The first kappa shape index (κ1) is 11.0. The van der Waals surface area contributed by atoms with E-state index in [0.717, 1.165) is 33.4 Å². The minimum absolute atomic E-state index is 0.724. The van der Waals surface area contributed by atoms with Crippen molar-refractivity contribution in [2.75, 3.05) is 5.32 Å². The van der Waals surface area contributed by atoms with Crippen molar-refractivity contribution in [2.45, 2.75) is 0 Å². The number of benzene rings is 2. The molecule has 2 aromatic carbocycles. The fraction of sp³-hybridized carbons (Fsp3) is 0. The molecule has 0 bridgehead atoms. The first-order chi connectivity index (χ1) is 9.92. The van der Waals surface area contributed by atoms with Gasteiger partial charge in [-0.3, -0.25) is 0 Å². The molecular weight excluding hydrogens is 248 g/mol. The summed E-state index contributed by atoms with van der Waals surface area (Å²) in [6, 6.07) is 18.2. The molecule has 0 aliphatic rings. The molecule has 4 rings (SSSR count). The molecule has 0 amide bonds. The molecule has 4 nitrogen and oxygen atoms in total. The summed E-state index contributed by atoms with van der Waals surface area (Å²) >= 11 is 0. The largest absolute Gasteiger partial charge is 0.353 e. The molecule has 0 fully saturated rings. The number of rotatable bonds is 2. The maximum atomic E-state index is 4.56. The van der Waals surface area contributed by atoms with Gasteiger partial charge in [0.2, 0.25) is 0 Å². The second-order valence-electron chi connectivity index (χ2n) is 4.60. The molecule has 0 atom stereocenters. The molecule has 0 radical (unpaired) electrons. The van der Waals surface area contributed by atoms with E-state index in [0.29, 0.717) is 0 Å². The molecule has 0 spiro atoms. The lowest BCUT2D eigenvalue weighted by molar-refractivity contribution is 1.32. The maximum absolute atomic E-state index is 4.56. The second-order valence-corrected chi connectivity index (χ2v) is 4.60. The van der Waals surface area contributed by atoms with E-state index in [1.54, 1.807) is 6.33 Å². The summed E-state index contributed by atoms with van der Waals surface area (Å²) in [5.41, 5.74) is 4.63. The molecule has 2 aromatic heterocycles. The van der Waals surface area contributed by atoms with Crippen LogP contribution in [0.5, 0.6) is 0 Å². The summed E-state index contributed by atoms with van der Waals surface area (Å²) in [6.07, 6.45) is 1.67. The summed E-state index contributed by atoms with van der Waals surface area (Å²) in [7, 11) is 0. The zero-order chi connectivity index (χ0) is 13.4. The number of H-pyrrole nitrogens is 1. The highest BCUT2D eigenvalue weighted by atomic mass is 15.0. The Balaban J connectivity index is 2.00. The molecule has 20 heavy (non-hydrogen) atoms. The van der Waals surface area contributed by atoms with Gasteiger partial charge in [-0.05, 0) is 18.2 Å². The average Bonchev–Trinajstić information content (AvgIpc) is 2.96. The topological polar surface area (TPSA) is 53.6 Å². The van der Waals surface area contributed by atoms with Crippen molar-refractivity contribution in [3.05, 3.63) is 60.9 Å². The Kier molecular flexibility index (Phi) is 2.39. The van der Waals surface area contributed by atoms with Crippen LogP contribution in [0.25, 0.3) is 22.1 Å². The SMILES string of the molecule is c1ccc(Nc2c3ccccc3nc3nc[nH]c23)cc1. The van der Waals surface area contributed by atoms with Gasteiger partial charge in [-0.1, -0.05) is 36.4 Å². The van der Waals surface area contributed by atoms with Crippen LogP contribution >= 0.6 is 0 Å². The van der Waals surface area contributed by atoms with Gasteiger partial charge < -0.3 is 10.3 Å². The van der Waals surface area contributed by atoms with E-state index < -0.39 is 0 Å². The first-order valence-electron chi connectivity index (χ1n) is 6.46. The van der Waals surface area contributed by atoms with Gasteiger partial charge in [0.05, 0.1) is 17.5 Å². The Morgan fingerprint density at radius 2 is 1.70 bits per heavy atom. The monoisotopic (exact) mass is 260 g/mol. The van der Waals surface area contributed by atoms with Crippen LogP contribution in [0.2, 0.25) is 0 Å². The fourth-order valence-electron chi connectivity index (χ4n) is 2.38. The van der Waals surface area contributed by atoms with Crippen molar-refractivity contribution in [1.29, 1.82) is 0 Å². The number of aromatic nitrogens is 3. The van der Waals surface area contributed by atoms with E-state index in [9.17, 15) is 0 Å².